The molecular formula is C42H53N. The van der Waals surface area contributed by atoms with Crippen LogP contribution in [0.3, 0.4) is 0 Å². The van der Waals surface area contributed by atoms with Crippen molar-refractivity contribution >= 4 is 27.2 Å². The Bertz CT molecular complexity index is 1580. The van der Waals surface area contributed by atoms with Crippen LogP contribution in [0.15, 0.2) is 97.1 Å². The molecule has 43 heavy (non-hydrogen) atoms. The van der Waals surface area contributed by atoms with E-state index in [9.17, 15) is 0 Å². The predicted molar refractivity (Wildman–Crippen MR) is 192 cm³/mol. The Morgan fingerprint density at radius 1 is 0.605 bits per heavy atom. The Kier molecular flexibility index (Phi) is 11.5. The number of hydrogen-bond acceptors (Lipinski definition) is 1. The lowest BCUT2D eigenvalue weighted by Crippen LogP contribution is -2.22. The fraction of sp³-hybridized carbons (Fsp3) is 0.381. The second-order valence-corrected chi connectivity index (χ2v) is 13.1. The summed E-state index contributed by atoms with van der Waals surface area (Å²) >= 11 is 0. The molecular weight excluding hydrogens is 518 g/mol. The van der Waals surface area contributed by atoms with Crippen molar-refractivity contribution in [3.05, 3.63) is 125 Å². The number of nitrogens with zero attached hydrogens (tertiary/aromatic N) is 1. The van der Waals surface area contributed by atoms with Crippen molar-refractivity contribution in [3.63, 3.8) is 0 Å². The number of rotatable bonds is 10. The van der Waals surface area contributed by atoms with E-state index in [2.05, 4.69) is 157 Å². The minimum atomic E-state index is 0.598. The Morgan fingerprint density at radius 3 is 1.77 bits per heavy atom. The third-order valence-electron chi connectivity index (χ3n) is 8.56. The maximum atomic E-state index is 2.50. The summed E-state index contributed by atoms with van der Waals surface area (Å²) in [6.07, 6.45) is 3.31. The molecule has 0 radical (unpaired) electrons. The topological polar surface area (TPSA) is 3.24 Å². The average molecular weight is 572 g/mol. The lowest BCUT2D eigenvalue weighted by atomic mass is 9.82. The van der Waals surface area contributed by atoms with Crippen LogP contribution in [0, 0.1) is 18.8 Å². The molecule has 0 aliphatic rings. The monoisotopic (exact) mass is 571 g/mol. The normalized spacial score (nSPS) is 12.0. The molecule has 0 aliphatic carbocycles. The zero-order valence-corrected chi connectivity index (χ0v) is 28.0. The SMILES string of the molecule is CC(C)C.CCC(c1cccc2cccc(CCc3ccc(CN(CC)c4cccc5cccc(C)c45)cc3)c12)C(C)C. The number of anilines is 1. The molecule has 1 atom stereocenters. The standard InChI is InChI=1S/C38H43N.C4H10/c1-6-34(27(3)4)35-18-10-16-32-14-9-15-33(38(32)35)25-24-29-20-22-30(23-21-29)26-39(7-2)36-19-11-17-31-13-8-12-28(5)37(31)36;1-4(2)3/h8-23,27,34H,6-7,24-26H2,1-5H3;4H,1-3H3. The Morgan fingerprint density at radius 2 is 1.16 bits per heavy atom. The van der Waals surface area contributed by atoms with Crippen molar-refractivity contribution in [3.8, 4) is 0 Å². The minimum Gasteiger partial charge on any atom is -0.367 e. The number of aryl methyl sites for hydroxylation is 3. The molecule has 0 saturated carbocycles. The molecule has 0 saturated heterocycles. The molecule has 0 amide bonds. The minimum absolute atomic E-state index is 0.598. The smallest absolute Gasteiger partial charge is 0.0451 e. The summed E-state index contributed by atoms with van der Waals surface area (Å²) in [6.45, 7) is 19.9. The van der Waals surface area contributed by atoms with Gasteiger partial charge in [0.05, 0.1) is 0 Å². The molecule has 0 bridgehead atoms. The lowest BCUT2D eigenvalue weighted by Gasteiger charge is -2.26. The quantitative estimate of drug-likeness (QED) is 0.161. The first-order chi connectivity index (χ1) is 20.7. The molecule has 0 heterocycles. The Hall–Kier alpha value is -3.58. The van der Waals surface area contributed by atoms with Crippen LogP contribution >= 0.6 is 0 Å². The van der Waals surface area contributed by atoms with Crippen molar-refractivity contribution in [2.24, 2.45) is 11.8 Å². The van der Waals surface area contributed by atoms with E-state index in [1.807, 2.05) is 0 Å². The van der Waals surface area contributed by atoms with Gasteiger partial charge in [0.15, 0.2) is 0 Å². The zero-order valence-electron chi connectivity index (χ0n) is 28.0. The number of hydrogen-bond donors (Lipinski definition) is 0. The molecule has 5 rings (SSSR count). The highest BCUT2D eigenvalue weighted by Gasteiger charge is 2.18. The van der Waals surface area contributed by atoms with Gasteiger partial charge in [-0.2, -0.15) is 0 Å². The molecule has 0 spiro atoms. The maximum Gasteiger partial charge on any atom is 0.0451 e. The van der Waals surface area contributed by atoms with Crippen LogP contribution in [-0.4, -0.2) is 6.54 Å². The van der Waals surface area contributed by atoms with Crippen molar-refractivity contribution in [1.29, 1.82) is 0 Å². The first-order valence-electron chi connectivity index (χ1n) is 16.5. The Labute approximate surface area is 262 Å². The van der Waals surface area contributed by atoms with Gasteiger partial charge in [0.25, 0.3) is 0 Å². The second kappa shape index (κ2) is 15.2. The highest BCUT2D eigenvalue weighted by atomic mass is 15.1. The van der Waals surface area contributed by atoms with E-state index >= 15 is 0 Å². The van der Waals surface area contributed by atoms with Gasteiger partial charge in [0.2, 0.25) is 0 Å². The van der Waals surface area contributed by atoms with Crippen molar-refractivity contribution in [2.75, 3.05) is 11.4 Å². The molecule has 0 aliphatic heterocycles. The van der Waals surface area contributed by atoms with E-state index in [0.717, 1.165) is 31.8 Å². The van der Waals surface area contributed by atoms with E-state index in [-0.39, 0.29) is 0 Å². The van der Waals surface area contributed by atoms with Gasteiger partial charge in [-0.1, -0.05) is 133 Å². The summed E-state index contributed by atoms with van der Waals surface area (Å²) in [5, 5.41) is 5.55. The predicted octanol–water partition coefficient (Wildman–Crippen LogP) is 11.9. The molecule has 5 aromatic carbocycles. The van der Waals surface area contributed by atoms with Crippen molar-refractivity contribution in [2.45, 2.75) is 87.1 Å². The highest BCUT2D eigenvalue weighted by Crippen LogP contribution is 2.35. The van der Waals surface area contributed by atoms with Crippen molar-refractivity contribution < 1.29 is 0 Å². The summed E-state index contributed by atoms with van der Waals surface area (Å²) < 4.78 is 0. The molecule has 0 N–H and O–H groups in total. The van der Waals surface area contributed by atoms with Crippen LogP contribution < -0.4 is 4.90 Å². The molecule has 1 unspecified atom stereocenters. The molecule has 5 aromatic rings. The fourth-order valence-electron chi connectivity index (χ4n) is 6.46. The van der Waals surface area contributed by atoms with E-state index in [0.29, 0.717) is 11.8 Å². The third kappa shape index (κ3) is 8.08. The van der Waals surface area contributed by atoms with Gasteiger partial charge in [-0.15, -0.1) is 0 Å². The largest absolute Gasteiger partial charge is 0.367 e. The van der Waals surface area contributed by atoms with Gasteiger partial charge in [-0.3, -0.25) is 0 Å². The summed E-state index contributed by atoms with van der Waals surface area (Å²) in [5.41, 5.74) is 8.45. The lowest BCUT2D eigenvalue weighted by molar-refractivity contribution is 0.488. The van der Waals surface area contributed by atoms with E-state index < -0.39 is 0 Å². The summed E-state index contributed by atoms with van der Waals surface area (Å²) in [5.74, 6) is 2.07. The molecule has 0 aromatic heterocycles. The number of benzene rings is 5. The van der Waals surface area contributed by atoms with Gasteiger partial charge in [-0.25, -0.2) is 0 Å². The fourth-order valence-corrected chi connectivity index (χ4v) is 6.46. The average Bonchev–Trinajstić information content (AvgIpc) is 2.99. The molecule has 226 valence electrons. The van der Waals surface area contributed by atoms with Gasteiger partial charge in [0, 0.05) is 24.2 Å². The van der Waals surface area contributed by atoms with E-state index in [1.54, 1.807) is 0 Å². The highest BCUT2D eigenvalue weighted by molar-refractivity contribution is 5.97. The third-order valence-corrected chi connectivity index (χ3v) is 8.56. The van der Waals surface area contributed by atoms with Gasteiger partial charge >= 0.3 is 0 Å². The summed E-state index contributed by atoms with van der Waals surface area (Å²) in [6, 6.07) is 36.4. The van der Waals surface area contributed by atoms with Gasteiger partial charge in [-0.05, 0) is 101 Å². The van der Waals surface area contributed by atoms with Crippen LogP contribution in [0.25, 0.3) is 21.5 Å². The number of fused-ring (bicyclic) bond motifs is 2. The zero-order chi connectivity index (χ0) is 30.9. The van der Waals surface area contributed by atoms with Crippen molar-refractivity contribution in [1.82, 2.24) is 0 Å². The maximum absolute atomic E-state index is 2.50. The first kappa shape index (κ1) is 32.3. The molecule has 1 heteroatoms. The van der Waals surface area contributed by atoms with Crippen LogP contribution in [0.1, 0.15) is 88.6 Å². The van der Waals surface area contributed by atoms with E-state index in [4.69, 9.17) is 0 Å². The van der Waals surface area contributed by atoms with Crippen LogP contribution in [0.2, 0.25) is 0 Å². The van der Waals surface area contributed by atoms with Crippen LogP contribution in [0.5, 0.6) is 0 Å². The summed E-state index contributed by atoms with van der Waals surface area (Å²) in [7, 11) is 0. The van der Waals surface area contributed by atoms with E-state index in [1.165, 1.54) is 61.5 Å². The molecule has 1 nitrogen and oxygen atoms in total. The second-order valence-electron chi connectivity index (χ2n) is 13.1. The van der Waals surface area contributed by atoms with Gasteiger partial charge < -0.3 is 4.90 Å². The van der Waals surface area contributed by atoms with Gasteiger partial charge in [0.1, 0.15) is 0 Å². The first-order valence-corrected chi connectivity index (χ1v) is 16.5. The van der Waals surface area contributed by atoms with Crippen LogP contribution in [-0.2, 0) is 19.4 Å². The Balaban J connectivity index is 0.000000996. The molecule has 0 fully saturated rings. The van der Waals surface area contributed by atoms with Crippen LogP contribution in [0.4, 0.5) is 5.69 Å². The summed E-state index contributed by atoms with van der Waals surface area (Å²) in [4.78, 5) is 2.50.